The van der Waals surface area contributed by atoms with Gasteiger partial charge in [0.25, 0.3) is 0 Å². The van der Waals surface area contributed by atoms with Gasteiger partial charge in [0.2, 0.25) is 0 Å². The van der Waals surface area contributed by atoms with E-state index in [1.54, 1.807) is 6.08 Å². The molecule has 0 aliphatic rings. The fraction of sp³-hybridized carbons (Fsp3) is 0.625. The van der Waals surface area contributed by atoms with Crippen molar-refractivity contribution in [3.63, 3.8) is 0 Å². The maximum Gasteiger partial charge on any atom is 0.114 e. The van der Waals surface area contributed by atoms with Gasteiger partial charge in [-0.25, -0.2) is 0 Å². The first-order chi connectivity index (χ1) is 4.72. The average molecular weight is 141 g/mol. The lowest BCUT2D eigenvalue weighted by atomic mass is 10.1. The minimum atomic E-state index is 0.393. The van der Waals surface area contributed by atoms with E-state index < -0.39 is 0 Å². The predicted octanol–water partition coefficient (Wildman–Crippen LogP) is 2.22. The van der Waals surface area contributed by atoms with Crippen LogP contribution in [-0.4, -0.2) is 12.3 Å². The van der Waals surface area contributed by atoms with Crippen LogP contribution in [0.25, 0.3) is 0 Å². The van der Waals surface area contributed by atoms with Crippen molar-refractivity contribution in [1.82, 2.24) is 0 Å². The van der Waals surface area contributed by atoms with Crippen LogP contribution < -0.4 is 0 Å². The molecule has 0 rings (SSSR count). The molecular formula is C8H15NO. The normalized spacial score (nSPS) is 11.8. The molecule has 2 nitrogen and oxygen atoms in total. The zero-order chi connectivity index (χ0) is 7.98. The molecule has 0 aliphatic heterocycles. The molecular weight excluding hydrogens is 126 g/mol. The van der Waals surface area contributed by atoms with Crippen molar-refractivity contribution >= 4 is 5.71 Å². The third-order valence-corrected chi connectivity index (χ3v) is 1.10. The molecule has 0 aromatic carbocycles. The molecule has 0 unspecified atom stereocenters. The van der Waals surface area contributed by atoms with Crippen LogP contribution in [0.2, 0.25) is 0 Å². The molecule has 0 aromatic rings. The van der Waals surface area contributed by atoms with Crippen molar-refractivity contribution in [3.05, 3.63) is 12.7 Å². The molecule has 58 valence electrons. The fourth-order valence-electron chi connectivity index (χ4n) is 0.517. The van der Waals surface area contributed by atoms with Crippen LogP contribution in [-0.2, 0) is 4.84 Å². The van der Waals surface area contributed by atoms with E-state index in [4.69, 9.17) is 4.84 Å². The number of nitrogens with zero attached hydrogens (tertiary/aromatic N) is 1. The summed E-state index contributed by atoms with van der Waals surface area (Å²) in [4.78, 5) is 4.86. The summed E-state index contributed by atoms with van der Waals surface area (Å²) >= 11 is 0. The smallest absolute Gasteiger partial charge is 0.114 e. The Morgan fingerprint density at radius 3 is 2.60 bits per heavy atom. The van der Waals surface area contributed by atoms with Crippen LogP contribution in [0.15, 0.2) is 17.8 Å². The number of rotatable bonds is 4. The summed E-state index contributed by atoms with van der Waals surface area (Å²) in [6.07, 6.45) is 1.72. The van der Waals surface area contributed by atoms with Crippen molar-refractivity contribution in [2.75, 3.05) is 6.61 Å². The summed E-state index contributed by atoms with van der Waals surface area (Å²) in [6.45, 7) is 10.3. The summed E-state index contributed by atoms with van der Waals surface area (Å²) in [5, 5.41) is 3.86. The van der Waals surface area contributed by atoms with E-state index in [9.17, 15) is 0 Å². The van der Waals surface area contributed by atoms with Gasteiger partial charge in [-0.05, 0) is 18.9 Å². The van der Waals surface area contributed by atoms with E-state index in [-0.39, 0.29) is 0 Å². The highest BCUT2D eigenvalue weighted by Gasteiger charge is 1.99. The second-order valence-corrected chi connectivity index (χ2v) is 2.29. The van der Waals surface area contributed by atoms with Crippen molar-refractivity contribution < 1.29 is 4.84 Å². The van der Waals surface area contributed by atoms with Crippen LogP contribution in [0, 0.1) is 5.92 Å². The Morgan fingerprint density at radius 2 is 2.30 bits per heavy atom. The molecule has 0 saturated carbocycles. The van der Waals surface area contributed by atoms with Gasteiger partial charge in [-0.15, -0.1) is 0 Å². The maximum atomic E-state index is 4.86. The molecule has 0 atom stereocenters. The van der Waals surface area contributed by atoms with E-state index in [1.165, 1.54) is 0 Å². The van der Waals surface area contributed by atoms with Gasteiger partial charge >= 0.3 is 0 Å². The lowest BCUT2D eigenvalue weighted by Gasteiger charge is -2.02. The molecule has 2 heteroatoms. The average Bonchev–Trinajstić information content (AvgIpc) is 1.89. The molecule has 0 fully saturated rings. The molecule has 0 aliphatic carbocycles. The van der Waals surface area contributed by atoms with Gasteiger partial charge in [0, 0.05) is 0 Å². The predicted molar refractivity (Wildman–Crippen MR) is 44.1 cm³/mol. The molecule has 0 saturated heterocycles. The Balaban J connectivity index is 3.91. The Kier molecular flexibility index (Phi) is 4.63. The highest BCUT2D eigenvalue weighted by molar-refractivity contribution is 5.95. The van der Waals surface area contributed by atoms with E-state index in [0.29, 0.717) is 12.5 Å². The summed E-state index contributed by atoms with van der Waals surface area (Å²) in [5.41, 5.74) is 0.904. The van der Waals surface area contributed by atoms with E-state index >= 15 is 0 Å². The van der Waals surface area contributed by atoms with E-state index in [2.05, 4.69) is 25.6 Å². The second kappa shape index (κ2) is 5.03. The molecule has 0 radical (unpaired) electrons. The van der Waals surface area contributed by atoms with Crippen molar-refractivity contribution in [2.45, 2.75) is 20.8 Å². The van der Waals surface area contributed by atoms with Crippen LogP contribution in [0.4, 0.5) is 0 Å². The molecule has 0 bridgehead atoms. The summed E-state index contributed by atoms with van der Waals surface area (Å²) < 4.78 is 0. The Morgan fingerprint density at radius 1 is 1.70 bits per heavy atom. The lowest BCUT2D eigenvalue weighted by Crippen LogP contribution is -2.03. The highest BCUT2D eigenvalue weighted by atomic mass is 16.6. The van der Waals surface area contributed by atoms with Gasteiger partial charge in [-0.2, -0.15) is 0 Å². The van der Waals surface area contributed by atoms with Crippen LogP contribution in [0.5, 0.6) is 0 Å². The zero-order valence-corrected chi connectivity index (χ0v) is 6.92. The molecule has 0 amide bonds. The minimum Gasteiger partial charge on any atom is -0.396 e. The summed E-state index contributed by atoms with van der Waals surface area (Å²) in [6, 6.07) is 0. The monoisotopic (exact) mass is 141 g/mol. The van der Waals surface area contributed by atoms with Gasteiger partial charge in [-0.1, -0.05) is 25.6 Å². The third-order valence-electron chi connectivity index (χ3n) is 1.10. The third kappa shape index (κ3) is 3.28. The Bertz CT molecular complexity index is 127. The number of allylic oxidation sites excluding steroid dienone is 1. The lowest BCUT2D eigenvalue weighted by molar-refractivity contribution is 0.157. The molecule has 0 N–H and O–H groups in total. The van der Waals surface area contributed by atoms with Crippen LogP contribution in [0.3, 0.4) is 0 Å². The molecule has 0 spiro atoms. The number of hydrogen-bond donors (Lipinski definition) is 0. The summed E-state index contributed by atoms with van der Waals surface area (Å²) in [7, 11) is 0. The topological polar surface area (TPSA) is 21.6 Å². The van der Waals surface area contributed by atoms with Gasteiger partial charge < -0.3 is 4.84 Å². The van der Waals surface area contributed by atoms with Crippen molar-refractivity contribution in [3.8, 4) is 0 Å². The largest absolute Gasteiger partial charge is 0.396 e. The van der Waals surface area contributed by atoms with Gasteiger partial charge in [0.15, 0.2) is 0 Å². The SMILES string of the molecule is C=CC(=NOCC)C(C)C. The molecule has 0 aromatic heterocycles. The quantitative estimate of drug-likeness (QED) is 0.434. The van der Waals surface area contributed by atoms with Crippen LogP contribution in [0.1, 0.15) is 20.8 Å². The molecule has 0 heterocycles. The maximum absolute atomic E-state index is 4.86. The number of oxime groups is 1. The van der Waals surface area contributed by atoms with Crippen molar-refractivity contribution in [2.24, 2.45) is 11.1 Å². The first-order valence-electron chi connectivity index (χ1n) is 3.54. The Labute approximate surface area is 62.6 Å². The Hall–Kier alpha value is -0.790. The van der Waals surface area contributed by atoms with Gasteiger partial charge in [-0.3, -0.25) is 0 Å². The zero-order valence-electron chi connectivity index (χ0n) is 6.92. The van der Waals surface area contributed by atoms with Crippen LogP contribution >= 0.6 is 0 Å². The first kappa shape index (κ1) is 9.21. The van der Waals surface area contributed by atoms with Crippen molar-refractivity contribution in [1.29, 1.82) is 0 Å². The summed E-state index contributed by atoms with van der Waals surface area (Å²) in [5.74, 6) is 0.393. The number of hydrogen-bond acceptors (Lipinski definition) is 2. The standard InChI is InChI=1S/C8H15NO/c1-5-8(7(3)4)9-10-6-2/h5,7H,1,6H2,2-4H3. The molecule has 10 heavy (non-hydrogen) atoms. The fourth-order valence-corrected chi connectivity index (χ4v) is 0.517. The van der Waals surface area contributed by atoms with E-state index in [0.717, 1.165) is 5.71 Å². The highest BCUT2D eigenvalue weighted by Crippen LogP contribution is 1.98. The first-order valence-corrected chi connectivity index (χ1v) is 3.54. The van der Waals surface area contributed by atoms with E-state index in [1.807, 2.05) is 6.92 Å². The van der Waals surface area contributed by atoms with Gasteiger partial charge in [0.05, 0.1) is 5.71 Å². The minimum absolute atomic E-state index is 0.393. The van der Waals surface area contributed by atoms with Gasteiger partial charge in [0.1, 0.15) is 6.61 Å². The second-order valence-electron chi connectivity index (χ2n) is 2.29.